The lowest BCUT2D eigenvalue weighted by Crippen LogP contribution is -2.30. The first-order valence-corrected chi connectivity index (χ1v) is 6.72. The minimum Gasteiger partial charge on any atom is -0.502 e. The number of amides is 1. The molecule has 7 heteroatoms. The van der Waals surface area contributed by atoms with E-state index in [1.807, 2.05) is 6.92 Å². The maximum absolute atomic E-state index is 12.1. The second-order valence-corrected chi connectivity index (χ2v) is 4.70. The summed E-state index contributed by atoms with van der Waals surface area (Å²) in [5.74, 6) is 0.259. The Kier molecular flexibility index (Phi) is 4.32. The summed E-state index contributed by atoms with van der Waals surface area (Å²) in [6.45, 7) is 2.35. The summed E-state index contributed by atoms with van der Waals surface area (Å²) in [6, 6.07) is 3.22. The Labute approximate surface area is 128 Å². The van der Waals surface area contributed by atoms with Crippen LogP contribution in [-0.2, 0) is 4.79 Å². The molecule has 1 amide bonds. The molecule has 1 aliphatic rings. The lowest BCUT2D eigenvalue weighted by atomic mass is 10.1. The Morgan fingerprint density at radius 3 is 2.33 bits per heavy atom. The van der Waals surface area contributed by atoms with Crippen molar-refractivity contribution in [3.05, 3.63) is 23.4 Å². The van der Waals surface area contributed by atoms with E-state index in [9.17, 15) is 9.90 Å². The van der Waals surface area contributed by atoms with Gasteiger partial charge < -0.3 is 19.9 Å². The number of methoxy groups -OCH3 is 2. The van der Waals surface area contributed by atoms with Gasteiger partial charge >= 0.3 is 0 Å². The lowest BCUT2D eigenvalue weighted by Gasteiger charge is -2.10. The largest absolute Gasteiger partial charge is 0.502 e. The summed E-state index contributed by atoms with van der Waals surface area (Å²) in [4.78, 5) is 13.6. The van der Waals surface area contributed by atoms with Crippen LogP contribution < -0.4 is 14.8 Å². The maximum Gasteiger partial charge on any atom is 0.276 e. The number of nitrogens with one attached hydrogen (secondary N) is 1. The van der Waals surface area contributed by atoms with Gasteiger partial charge in [-0.1, -0.05) is 0 Å². The van der Waals surface area contributed by atoms with Gasteiger partial charge in [0, 0.05) is 6.54 Å². The monoisotopic (exact) mass is 308 g/mol. The Morgan fingerprint density at radius 2 is 1.90 bits per heavy atom. The van der Waals surface area contributed by atoms with Crippen LogP contribution in [0.15, 0.2) is 17.8 Å². The van der Waals surface area contributed by atoms with Crippen molar-refractivity contribution in [2.75, 3.05) is 20.8 Å². The van der Waals surface area contributed by atoms with Gasteiger partial charge in [-0.3, -0.25) is 9.69 Å². The highest BCUT2D eigenvalue weighted by Gasteiger charge is 2.29. The third-order valence-corrected chi connectivity index (χ3v) is 3.41. The molecule has 2 rings (SSSR count). The summed E-state index contributed by atoms with van der Waals surface area (Å²) in [5, 5.41) is 13.1. The Balaban J connectivity index is 2.42. The van der Waals surface area contributed by atoms with Gasteiger partial charge in [-0.15, -0.1) is 0 Å². The van der Waals surface area contributed by atoms with Gasteiger partial charge in [0.05, 0.1) is 14.2 Å². The second kappa shape index (κ2) is 6.01. The van der Waals surface area contributed by atoms with E-state index in [4.69, 9.17) is 21.7 Å². The van der Waals surface area contributed by atoms with E-state index in [2.05, 4.69) is 5.32 Å². The molecule has 0 saturated carbocycles. The van der Waals surface area contributed by atoms with Crippen molar-refractivity contribution >= 4 is 29.3 Å². The first kappa shape index (κ1) is 15.1. The number of benzene rings is 1. The van der Waals surface area contributed by atoms with Gasteiger partial charge in [0.25, 0.3) is 5.91 Å². The highest BCUT2D eigenvalue weighted by atomic mass is 32.1. The normalized spacial score (nSPS) is 16.3. The van der Waals surface area contributed by atoms with E-state index in [1.165, 1.54) is 19.1 Å². The predicted molar refractivity (Wildman–Crippen MR) is 82.3 cm³/mol. The Hall–Kier alpha value is -2.28. The van der Waals surface area contributed by atoms with Gasteiger partial charge in [0.2, 0.25) is 5.75 Å². The maximum atomic E-state index is 12.1. The minimum absolute atomic E-state index is 0.0847. The first-order chi connectivity index (χ1) is 10.0. The number of hydrogen-bond donors (Lipinski definition) is 2. The molecule has 21 heavy (non-hydrogen) atoms. The number of carbonyl (C=O) groups excluding carboxylic acids is 1. The molecule has 1 aromatic carbocycles. The van der Waals surface area contributed by atoms with Crippen LogP contribution in [0.5, 0.6) is 17.2 Å². The topological polar surface area (TPSA) is 71.0 Å². The number of ether oxygens (including phenoxy) is 2. The quantitative estimate of drug-likeness (QED) is 0.649. The number of likely N-dealkylation sites (N-methyl/N-ethyl adjacent to an activating group) is 1. The molecule has 0 unspecified atom stereocenters. The number of nitrogens with zero attached hydrogens (tertiary/aromatic N) is 1. The number of rotatable bonds is 4. The van der Waals surface area contributed by atoms with Gasteiger partial charge in [0.1, 0.15) is 5.70 Å². The highest BCUT2D eigenvalue weighted by Crippen LogP contribution is 2.37. The molecule has 2 N–H and O–H groups in total. The van der Waals surface area contributed by atoms with Crippen LogP contribution in [0.3, 0.4) is 0 Å². The third kappa shape index (κ3) is 2.78. The number of thiocarbonyl (C=S) groups is 1. The van der Waals surface area contributed by atoms with E-state index in [0.717, 1.165) is 0 Å². The van der Waals surface area contributed by atoms with Crippen molar-refractivity contribution in [1.29, 1.82) is 0 Å². The Morgan fingerprint density at radius 1 is 1.33 bits per heavy atom. The molecule has 1 aliphatic heterocycles. The van der Waals surface area contributed by atoms with Crippen LogP contribution in [0, 0.1) is 0 Å². The molecule has 0 atom stereocenters. The molecular weight excluding hydrogens is 292 g/mol. The molecule has 0 bridgehead atoms. The van der Waals surface area contributed by atoms with Gasteiger partial charge in [-0.2, -0.15) is 0 Å². The molecule has 1 heterocycles. The smallest absolute Gasteiger partial charge is 0.276 e. The summed E-state index contributed by atoms with van der Waals surface area (Å²) >= 11 is 5.09. The van der Waals surface area contributed by atoms with Crippen LogP contribution in [-0.4, -0.2) is 41.8 Å². The van der Waals surface area contributed by atoms with E-state index in [-0.39, 0.29) is 23.2 Å². The van der Waals surface area contributed by atoms with Crippen LogP contribution in [0.1, 0.15) is 12.5 Å². The van der Waals surface area contributed by atoms with Gasteiger partial charge in [0.15, 0.2) is 16.6 Å². The fourth-order valence-corrected chi connectivity index (χ4v) is 2.34. The van der Waals surface area contributed by atoms with Crippen molar-refractivity contribution in [3.8, 4) is 17.2 Å². The number of hydrogen-bond acceptors (Lipinski definition) is 5. The second-order valence-electron chi connectivity index (χ2n) is 4.31. The van der Waals surface area contributed by atoms with Crippen LogP contribution in [0.4, 0.5) is 0 Å². The lowest BCUT2D eigenvalue weighted by molar-refractivity contribution is -0.122. The zero-order valence-corrected chi connectivity index (χ0v) is 12.8. The SMILES string of the molecule is CCN1C(=O)/C(=C\c2cc(OC)c(O)c(OC)c2)NC1=S. The number of aromatic hydroxyl groups is 1. The van der Waals surface area contributed by atoms with Crippen molar-refractivity contribution in [1.82, 2.24) is 10.2 Å². The van der Waals surface area contributed by atoms with E-state index in [0.29, 0.717) is 22.9 Å². The molecule has 1 fully saturated rings. The molecule has 1 saturated heterocycles. The summed E-state index contributed by atoms with van der Waals surface area (Å²) in [6.07, 6.45) is 1.63. The summed E-state index contributed by atoms with van der Waals surface area (Å²) < 4.78 is 10.2. The number of phenolic OH excluding ortho intramolecular Hbond substituents is 1. The first-order valence-electron chi connectivity index (χ1n) is 6.31. The van der Waals surface area contributed by atoms with Crippen molar-refractivity contribution in [2.45, 2.75) is 6.92 Å². The zero-order chi connectivity index (χ0) is 15.6. The van der Waals surface area contributed by atoms with Crippen LogP contribution in [0.2, 0.25) is 0 Å². The molecule has 0 radical (unpaired) electrons. The van der Waals surface area contributed by atoms with Crippen LogP contribution >= 0.6 is 12.2 Å². The minimum atomic E-state index is -0.187. The van der Waals surface area contributed by atoms with Crippen molar-refractivity contribution in [3.63, 3.8) is 0 Å². The molecule has 0 spiro atoms. The summed E-state index contributed by atoms with van der Waals surface area (Å²) in [5.41, 5.74) is 1.02. The average Bonchev–Trinajstić information content (AvgIpc) is 2.74. The van der Waals surface area contributed by atoms with Crippen LogP contribution in [0.25, 0.3) is 6.08 Å². The standard InChI is InChI=1S/C14H16N2O4S/c1-4-16-13(18)9(15-14(16)21)5-8-6-10(19-2)12(17)11(7-8)20-3/h5-7,17H,4H2,1-3H3,(H,15,21)/b9-5+. The molecule has 0 aromatic heterocycles. The Bertz CT molecular complexity index is 602. The molecule has 112 valence electrons. The average molecular weight is 308 g/mol. The van der Waals surface area contributed by atoms with E-state index < -0.39 is 0 Å². The fraction of sp³-hybridized carbons (Fsp3) is 0.286. The fourth-order valence-electron chi connectivity index (χ4n) is 2.02. The van der Waals surface area contributed by atoms with Gasteiger partial charge in [-0.25, -0.2) is 0 Å². The summed E-state index contributed by atoms with van der Waals surface area (Å²) in [7, 11) is 2.89. The number of phenols is 1. The third-order valence-electron chi connectivity index (χ3n) is 3.09. The zero-order valence-electron chi connectivity index (χ0n) is 12.0. The van der Waals surface area contributed by atoms with Crippen molar-refractivity contribution in [2.24, 2.45) is 0 Å². The molecule has 6 nitrogen and oxygen atoms in total. The van der Waals surface area contributed by atoms with Gasteiger partial charge in [-0.05, 0) is 42.9 Å². The predicted octanol–water partition coefficient (Wildman–Crippen LogP) is 1.49. The molecular formula is C14H16N2O4S. The molecule has 1 aromatic rings. The number of carbonyl (C=O) groups is 1. The van der Waals surface area contributed by atoms with E-state index in [1.54, 1.807) is 18.2 Å². The highest BCUT2D eigenvalue weighted by molar-refractivity contribution is 7.80. The van der Waals surface area contributed by atoms with Crippen molar-refractivity contribution < 1.29 is 19.4 Å². The van der Waals surface area contributed by atoms with E-state index >= 15 is 0 Å². The molecule has 0 aliphatic carbocycles.